The third-order valence-electron chi connectivity index (χ3n) is 2.07. The fourth-order valence-corrected chi connectivity index (χ4v) is 3.43. The quantitative estimate of drug-likeness (QED) is 0.845. The molecule has 9 heteroatoms. The monoisotopic (exact) mass is 316 g/mol. The van der Waals surface area contributed by atoms with Gasteiger partial charge in [0, 0.05) is 12.6 Å². The van der Waals surface area contributed by atoms with Gasteiger partial charge in [0.05, 0.1) is 0 Å². The fraction of sp³-hybridized carbons (Fsp3) is 0.600. The van der Waals surface area contributed by atoms with Crippen LogP contribution in [0.2, 0.25) is 0 Å². The highest BCUT2D eigenvalue weighted by atomic mass is 32.2. The molecular weight excluding hydrogens is 301 g/mol. The van der Waals surface area contributed by atoms with E-state index in [1.807, 2.05) is 13.8 Å². The smallest absolute Gasteiger partial charge is 0.310 e. The molecule has 0 aliphatic heterocycles. The Morgan fingerprint density at radius 2 is 2.00 bits per heavy atom. The Bertz CT molecular complexity index is 509. The summed E-state index contributed by atoms with van der Waals surface area (Å²) in [4.78, 5) is 0. The van der Waals surface area contributed by atoms with E-state index < -0.39 is 22.7 Å². The minimum absolute atomic E-state index is 0.114. The second-order valence-corrected chi connectivity index (χ2v) is 7.15. The zero-order valence-corrected chi connectivity index (χ0v) is 12.0. The molecule has 1 heterocycles. The van der Waals surface area contributed by atoms with Crippen LogP contribution in [0.25, 0.3) is 0 Å². The minimum Gasteiger partial charge on any atom is -0.310 e. The van der Waals surface area contributed by atoms with Gasteiger partial charge >= 0.3 is 6.18 Å². The maximum absolute atomic E-state index is 12.0. The second-order valence-electron chi connectivity index (χ2n) is 4.25. The summed E-state index contributed by atoms with van der Waals surface area (Å²) in [6.07, 6.45) is -4.56. The summed E-state index contributed by atoms with van der Waals surface area (Å²) in [6, 6.07) is 1.61. The molecule has 19 heavy (non-hydrogen) atoms. The van der Waals surface area contributed by atoms with Gasteiger partial charge in [-0.3, -0.25) is 0 Å². The first-order valence-electron chi connectivity index (χ1n) is 5.47. The molecule has 0 saturated carbocycles. The second kappa shape index (κ2) is 6.21. The molecule has 2 N–H and O–H groups in total. The van der Waals surface area contributed by atoms with Gasteiger partial charge in [-0.2, -0.15) is 13.2 Å². The lowest BCUT2D eigenvalue weighted by Crippen LogP contribution is -2.33. The summed E-state index contributed by atoms with van der Waals surface area (Å²) < 4.78 is 60.6. The van der Waals surface area contributed by atoms with E-state index in [0.29, 0.717) is 6.54 Å². The Labute approximate surface area is 114 Å². The number of sulfonamides is 1. The first-order chi connectivity index (χ1) is 8.60. The van der Waals surface area contributed by atoms with E-state index in [2.05, 4.69) is 5.32 Å². The molecule has 1 aromatic heterocycles. The maximum Gasteiger partial charge on any atom is 0.402 e. The summed E-state index contributed by atoms with van der Waals surface area (Å²) in [6.45, 7) is 2.79. The molecule has 0 aromatic carbocycles. The van der Waals surface area contributed by atoms with Crippen LogP contribution in [0.3, 0.4) is 0 Å². The first-order valence-corrected chi connectivity index (χ1v) is 7.83. The first kappa shape index (κ1) is 16.4. The molecule has 1 rings (SSSR count). The molecule has 0 atom stereocenters. The Morgan fingerprint density at radius 1 is 1.37 bits per heavy atom. The molecule has 0 saturated heterocycles. The Balaban J connectivity index is 2.69. The molecule has 0 radical (unpaired) electrons. The lowest BCUT2D eigenvalue weighted by Gasteiger charge is -2.07. The van der Waals surface area contributed by atoms with Gasteiger partial charge in [-0.1, -0.05) is 13.8 Å². The van der Waals surface area contributed by atoms with E-state index in [4.69, 9.17) is 0 Å². The van der Waals surface area contributed by atoms with Crippen LogP contribution in [0.15, 0.2) is 15.7 Å². The highest BCUT2D eigenvalue weighted by Gasteiger charge is 2.30. The van der Waals surface area contributed by atoms with Gasteiger partial charge in [0.1, 0.15) is 10.8 Å². The van der Waals surface area contributed by atoms with Gasteiger partial charge in [-0.05, 0) is 17.0 Å². The van der Waals surface area contributed by atoms with E-state index in [1.165, 1.54) is 10.8 Å². The van der Waals surface area contributed by atoms with Gasteiger partial charge in [0.2, 0.25) is 10.0 Å². The maximum atomic E-state index is 12.0. The van der Waals surface area contributed by atoms with Crippen molar-refractivity contribution in [1.82, 2.24) is 10.0 Å². The van der Waals surface area contributed by atoms with Crippen molar-refractivity contribution >= 4 is 21.4 Å². The van der Waals surface area contributed by atoms with Crippen molar-refractivity contribution in [3.8, 4) is 0 Å². The lowest BCUT2D eigenvalue weighted by molar-refractivity contribution is -0.121. The Kier molecular flexibility index (Phi) is 5.36. The number of thiophene rings is 1. The third kappa shape index (κ3) is 5.89. The topological polar surface area (TPSA) is 58.2 Å². The molecule has 1 aromatic rings. The van der Waals surface area contributed by atoms with Crippen molar-refractivity contribution in [2.45, 2.75) is 36.8 Å². The summed E-state index contributed by atoms with van der Waals surface area (Å²) in [5, 5.41) is 4.70. The molecule has 0 aliphatic carbocycles. The summed E-state index contributed by atoms with van der Waals surface area (Å²) >= 11 is 0.901. The van der Waals surface area contributed by atoms with Crippen LogP contribution in [0.5, 0.6) is 0 Å². The van der Waals surface area contributed by atoms with Crippen LogP contribution in [0, 0.1) is 0 Å². The van der Waals surface area contributed by atoms with Crippen LogP contribution in [0.1, 0.15) is 19.4 Å². The van der Waals surface area contributed by atoms with Crippen molar-refractivity contribution in [1.29, 1.82) is 0 Å². The zero-order chi connectivity index (χ0) is 14.7. The summed E-state index contributed by atoms with van der Waals surface area (Å²) in [5.74, 6) is 0. The van der Waals surface area contributed by atoms with E-state index in [1.54, 1.807) is 5.38 Å². The van der Waals surface area contributed by atoms with Gasteiger partial charge in [0.15, 0.2) is 0 Å². The number of nitrogens with one attached hydrogen (secondary N) is 2. The van der Waals surface area contributed by atoms with E-state index >= 15 is 0 Å². The molecule has 0 amide bonds. The number of hydrogen-bond acceptors (Lipinski definition) is 4. The minimum atomic E-state index is -4.56. The standard InChI is InChI=1S/C10H15F3N2O2S2/c1-7(2)14-4-8-3-9(18-5-8)19(16,17)15-6-10(11,12)13/h3,5,7,14-15H,4,6H2,1-2H3. The normalized spacial score (nSPS) is 13.2. The van der Waals surface area contributed by atoms with Crippen LogP contribution >= 0.6 is 11.3 Å². The highest BCUT2D eigenvalue weighted by molar-refractivity contribution is 7.91. The number of rotatable bonds is 6. The molecular formula is C10H15F3N2O2S2. The molecule has 4 nitrogen and oxygen atoms in total. The summed E-state index contributed by atoms with van der Waals surface area (Å²) in [7, 11) is -4.09. The van der Waals surface area contributed by atoms with Crippen molar-refractivity contribution < 1.29 is 21.6 Å². The third-order valence-corrected chi connectivity index (χ3v) is 4.96. The average molecular weight is 316 g/mol. The molecule has 0 fully saturated rings. The highest BCUT2D eigenvalue weighted by Crippen LogP contribution is 2.21. The fourth-order valence-electron chi connectivity index (χ4n) is 1.16. The van der Waals surface area contributed by atoms with Gasteiger partial charge < -0.3 is 5.32 Å². The van der Waals surface area contributed by atoms with Crippen molar-refractivity contribution in [3.05, 3.63) is 17.0 Å². The largest absolute Gasteiger partial charge is 0.402 e. The van der Waals surface area contributed by atoms with Gasteiger partial charge in [0.25, 0.3) is 0 Å². The number of halogens is 3. The molecule has 0 aliphatic rings. The van der Waals surface area contributed by atoms with E-state index in [9.17, 15) is 21.6 Å². The summed E-state index contributed by atoms with van der Waals surface area (Å²) in [5.41, 5.74) is 0.728. The van der Waals surface area contributed by atoms with Crippen molar-refractivity contribution in [3.63, 3.8) is 0 Å². The molecule has 0 spiro atoms. The molecule has 110 valence electrons. The average Bonchev–Trinajstić information content (AvgIpc) is 2.72. The van der Waals surface area contributed by atoms with Crippen LogP contribution in [0.4, 0.5) is 13.2 Å². The van der Waals surface area contributed by atoms with Crippen LogP contribution in [-0.4, -0.2) is 27.2 Å². The van der Waals surface area contributed by atoms with Crippen LogP contribution < -0.4 is 10.0 Å². The predicted octanol–water partition coefficient (Wildman–Crippen LogP) is 2.09. The van der Waals surface area contributed by atoms with E-state index in [0.717, 1.165) is 16.9 Å². The zero-order valence-electron chi connectivity index (χ0n) is 10.4. The van der Waals surface area contributed by atoms with Crippen molar-refractivity contribution in [2.24, 2.45) is 0 Å². The SMILES string of the molecule is CC(C)NCc1csc(S(=O)(=O)NCC(F)(F)F)c1. The lowest BCUT2D eigenvalue weighted by atomic mass is 10.3. The Hall–Kier alpha value is -0.640. The number of alkyl halides is 3. The van der Waals surface area contributed by atoms with Crippen molar-refractivity contribution in [2.75, 3.05) is 6.54 Å². The Morgan fingerprint density at radius 3 is 2.53 bits per heavy atom. The van der Waals surface area contributed by atoms with Gasteiger partial charge in [-0.15, -0.1) is 11.3 Å². The predicted molar refractivity (Wildman–Crippen MR) is 67.5 cm³/mol. The number of hydrogen-bond donors (Lipinski definition) is 2. The molecule has 0 unspecified atom stereocenters. The van der Waals surface area contributed by atoms with E-state index in [-0.39, 0.29) is 10.3 Å². The van der Waals surface area contributed by atoms with Crippen LogP contribution in [-0.2, 0) is 16.6 Å². The van der Waals surface area contributed by atoms with Gasteiger partial charge in [-0.25, -0.2) is 13.1 Å². The molecule has 0 bridgehead atoms.